The SMILES string of the molecule is CC(C)CCCCCCCOC(=O)C(CC(=O)[O-])S(=O)(=O)O.[Na+].[Na+]. The van der Waals surface area contributed by atoms with Crippen LogP contribution >= 0.6 is 0 Å². The minimum Gasteiger partial charge on any atom is -0.550 e. The smallest absolute Gasteiger partial charge is 0.550 e. The average molecular weight is 383 g/mol. The summed E-state index contributed by atoms with van der Waals surface area (Å²) >= 11 is 0. The first-order valence-corrected chi connectivity index (χ1v) is 8.97. The Morgan fingerprint density at radius 1 is 1.04 bits per heavy atom. The van der Waals surface area contributed by atoms with Gasteiger partial charge in [-0.05, 0) is 12.3 Å². The summed E-state index contributed by atoms with van der Waals surface area (Å²) in [6.45, 7) is 4.33. The van der Waals surface area contributed by atoms with Crippen molar-refractivity contribution in [1.82, 2.24) is 0 Å². The van der Waals surface area contributed by atoms with E-state index in [9.17, 15) is 23.1 Å². The molecule has 1 atom stereocenters. The molecule has 0 saturated heterocycles. The van der Waals surface area contributed by atoms with E-state index in [2.05, 4.69) is 13.8 Å². The molecule has 0 bridgehead atoms. The summed E-state index contributed by atoms with van der Waals surface area (Å²) < 4.78 is 35.4. The third-order valence-electron chi connectivity index (χ3n) is 3.14. The molecule has 0 aliphatic carbocycles. The second-order valence-corrected chi connectivity index (χ2v) is 7.30. The fourth-order valence-corrected chi connectivity index (χ4v) is 2.57. The normalized spacial score (nSPS) is 12.0. The van der Waals surface area contributed by atoms with E-state index in [1.165, 1.54) is 6.42 Å². The van der Waals surface area contributed by atoms with Gasteiger partial charge in [-0.3, -0.25) is 9.35 Å². The summed E-state index contributed by atoms with van der Waals surface area (Å²) in [5.74, 6) is -2.32. The van der Waals surface area contributed by atoms with Crippen molar-refractivity contribution in [2.75, 3.05) is 6.61 Å². The minimum atomic E-state index is -4.82. The molecule has 0 fully saturated rings. The van der Waals surface area contributed by atoms with Crippen LogP contribution in [0.4, 0.5) is 0 Å². The fourth-order valence-electron chi connectivity index (χ4n) is 1.91. The number of carboxylic acid groups (broad SMARTS) is 1. The largest absolute Gasteiger partial charge is 1.00 e. The zero-order chi connectivity index (χ0) is 17.2. The second-order valence-electron chi connectivity index (χ2n) is 5.70. The van der Waals surface area contributed by atoms with E-state index in [1.54, 1.807) is 0 Å². The van der Waals surface area contributed by atoms with E-state index in [4.69, 9.17) is 9.29 Å². The van der Waals surface area contributed by atoms with Crippen LogP contribution in [0.1, 0.15) is 58.8 Å². The van der Waals surface area contributed by atoms with Crippen molar-refractivity contribution in [3.63, 3.8) is 0 Å². The maximum absolute atomic E-state index is 11.5. The average Bonchev–Trinajstić information content (AvgIpc) is 2.37. The first-order chi connectivity index (χ1) is 10.1. The molecular formula is C14H25Na2O7S+. The molecule has 0 heterocycles. The van der Waals surface area contributed by atoms with Crippen LogP contribution in [-0.2, 0) is 24.4 Å². The Balaban J connectivity index is -0.00000220. The number of ether oxygens (including phenoxy) is 1. The molecule has 0 aliphatic rings. The van der Waals surface area contributed by atoms with Crippen LogP contribution in [0, 0.1) is 5.92 Å². The molecular weight excluding hydrogens is 358 g/mol. The predicted molar refractivity (Wildman–Crippen MR) is 78.5 cm³/mol. The van der Waals surface area contributed by atoms with Gasteiger partial charge < -0.3 is 14.6 Å². The predicted octanol–water partition coefficient (Wildman–Crippen LogP) is -5.07. The third-order valence-corrected chi connectivity index (χ3v) is 4.22. The fraction of sp³-hybridized carbons (Fsp3) is 0.857. The number of carbonyl (C=O) groups excluding carboxylic acids is 2. The van der Waals surface area contributed by atoms with Crippen LogP contribution < -0.4 is 64.2 Å². The van der Waals surface area contributed by atoms with E-state index >= 15 is 0 Å². The van der Waals surface area contributed by atoms with E-state index in [0.29, 0.717) is 12.3 Å². The van der Waals surface area contributed by atoms with Crippen molar-refractivity contribution >= 4 is 22.1 Å². The first-order valence-electron chi connectivity index (χ1n) is 7.47. The van der Waals surface area contributed by atoms with Crippen molar-refractivity contribution < 1.29 is 91.5 Å². The molecule has 0 aromatic heterocycles. The van der Waals surface area contributed by atoms with Gasteiger partial charge in [-0.25, -0.2) is 0 Å². The number of carbonyl (C=O) groups is 2. The van der Waals surface area contributed by atoms with Crippen molar-refractivity contribution in [3.8, 4) is 0 Å². The Morgan fingerprint density at radius 2 is 1.54 bits per heavy atom. The second kappa shape index (κ2) is 16.1. The van der Waals surface area contributed by atoms with Crippen LogP contribution in [0.5, 0.6) is 0 Å². The molecule has 10 heteroatoms. The van der Waals surface area contributed by atoms with Gasteiger partial charge in [0.05, 0.1) is 6.61 Å². The van der Waals surface area contributed by atoms with Crippen LogP contribution in [0.3, 0.4) is 0 Å². The monoisotopic (exact) mass is 383 g/mol. The minimum absolute atomic E-state index is 0. The summed E-state index contributed by atoms with van der Waals surface area (Å²) in [5, 5.41) is 8.27. The quantitative estimate of drug-likeness (QED) is 0.155. The Labute approximate surface area is 188 Å². The van der Waals surface area contributed by atoms with Gasteiger partial charge in [-0.2, -0.15) is 8.42 Å². The van der Waals surface area contributed by atoms with Gasteiger partial charge in [0, 0.05) is 12.4 Å². The van der Waals surface area contributed by atoms with Crippen LogP contribution in [0.2, 0.25) is 0 Å². The molecule has 0 saturated carbocycles. The van der Waals surface area contributed by atoms with Crippen LogP contribution in [0.25, 0.3) is 0 Å². The standard InChI is InChI=1S/C14H26O7S.2Na/c1-11(2)8-6-4-3-5-7-9-21-14(17)12(10-13(15)16)22(18,19)20;;/h11-12H,3-10H2,1-2H3,(H,15,16)(H,18,19,20);;/q;2*+1/p-1. The van der Waals surface area contributed by atoms with E-state index in [0.717, 1.165) is 25.7 Å². The molecule has 0 spiro atoms. The summed E-state index contributed by atoms with van der Waals surface area (Å²) in [7, 11) is -4.82. The Bertz CT molecular complexity index is 452. The zero-order valence-corrected chi connectivity index (χ0v) is 19.9. The summed E-state index contributed by atoms with van der Waals surface area (Å²) in [6.07, 6.45) is 4.68. The van der Waals surface area contributed by atoms with E-state index in [-0.39, 0.29) is 65.7 Å². The van der Waals surface area contributed by atoms with Gasteiger partial charge in [-0.1, -0.05) is 46.0 Å². The molecule has 0 aromatic rings. The number of hydrogen-bond donors (Lipinski definition) is 1. The first kappa shape index (κ1) is 29.6. The number of carboxylic acids is 1. The van der Waals surface area contributed by atoms with Gasteiger partial charge in [0.15, 0.2) is 5.25 Å². The molecule has 130 valence electrons. The van der Waals surface area contributed by atoms with Gasteiger partial charge >= 0.3 is 65.1 Å². The number of esters is 1. The Kier molecular flexibility index (Phi) is 19.8. The maximum Gasteiger partial charge on any atom is 1.00 e. The molecule has 1 unspecified atom stereocenters. The Morgan fingerprint density at radius 3 is 2.00 bits per heavy atom. The molecule has 0 rings (SSSR count). The van der Waals surface area contributed by atoms with Crippen molar-refractivity contribution in [2.24, 2.45) is 5.92 Å². The molecule has 0 aromatic carbocycles. The topological polar surface area (TPSA) is 121 Å². The molecule has 24 heavy (non-hydrogen) atoms. The van der Waals surface area contributed by atoms with Gasteiger partial charge in [0.25, 0.3) is 10.1 Å². The zero-order valence-electron chi connectivity index (χ0n) is 15.1. The molecule has 0 amide bonds. The molecule has 1 N–H and O–H groups in total. The number of rotatable bonds is 12. The summed E-state index contributed by atoms with van der Waals surface area (Å²) in [4.78, 5) is 21.9. The summed E-state index contributed by atoms with van der Waals surface area (Å²) in [6, 6.07) is 0. The Hall–Kier alpha value is 0.850. The molecule has 0 radical (unpaired) electrons. The van der Waals surface area contributed by atoms with Crippen LogP contribution in [-0.4, -0.2) is 36.8 Å². The van der Waals surface area contributed by atoms with Gasteiger partial charge in [0.1, 0.15) is 0 Å². The number of unbranched alkanes of at least 4 members (excludes halogenated alkanes) is 4. The van der Waals surface area contributed by atoms with Gasteiger partial charge in [-0.15, -0.1) is 0 Å². The summed E-state index contributed by atoms with van der Waals surface area (Å²) in [5.41, 5.74) is 0. The molecule has 7 nitrogen and oxygen atoms in total. The van der Waals surface area contributed by atoms with E-state index < -0.39 is 33.7 Å². The van der Waals surface area contributed by atoms with Crippen molar-refractivity contribution in [3.05, 3.63) is 0 Å². The maximum atomic E-state index is 11.5. The van der Waals surface area contributed by atoms with Gasteiger partial charge in [0.2, 0.25) is 0 Å². The van der Waals surface area contributed by atoms with Crippen molar-refractivity contribution in [1.29, 1.82) is 0 Å². The third kappa shape index (κ3) is 16.3. The van der Waals surface area contributed by atoms with E-state index in [1.807, 2.05) is 0 Å². The number of hydrogen-bond acceptors (Lipinski definition) is 6. The van der Waals surface area contributed by atoms with Crippen LogP contribution in [0.15, 0.2) is 0 Å². The molecule has 0 aliphatic heterocycles. The number of aliphatic carboxylic acids is 1. The van der Waals surface area contributed by atoms with Crippen molar-refractivity contribution in [2.45, 2.75) is 64.0 Å².